The Morgan fingerprint density at radius 2 is 1.87 bits per heavy atom. The zero-order chi connectivity index (χ0) is 15.8. The zero-order valence-electron chi connectivity index (χ0n) is 12.7. The molecule has 1 fully saturated rings. The van der Waals surface area contributed by atoms with Crippen LogP contribution in [0.5, 0.6) is 0 Å². The summed E-state index contributed by atoms with van der Waals surface area (Å²) in [5.74, 6) is -0.269. The molecule has 0 saturated heterocycles. The average molecular weight is 323 g/mol. The number of carbonyl (C=O) groups is 1. The summed E-state index contributed by atoms with van der Waals surface area (Å²) in [6, 6.07) is 11.4. The number of thiazole rings is 1. The molecule has 2 aromatic carbocycles. The van der Waals surface area contributed by atoms with Crippen LogP contribution in [0.25, 0.3) is 21.3 Å². The molecule has 116 valence electrons. The van der Waals surface area contributed by atoms with Crippen molar-refractivity contribution in [3.8, 4) is 10.6 Å². The summed E-state index contributed by atoms with van der Waals surface area (Å²) in [6.07, 6.45) is 5.13. The van der Waals surface area contributed by atoms with Crippen LogP contribution in [0.1, 0.15) is 47.7 Å². The van der Waals surface area contributed by atoms with Crippen LogP contribution in [-0.2, 0) is 0 Å². The molecule has 1 aliphatic carbocycles. The van der Waals surface area contributed by atoms with E-state index in [2.05, 4.69) is 11.4 Å². The van der Waals surface area contributed by atoms with Crippen LogP contribution in [0, 0.1) is 0 Å². The average Bonchev–Trinajstić information content (AvgIpc) is 3.24. The third-order valence-corrected chi connectivity index (χ3v) is 5.54. The van der Waals surface area contributed by atoms with E-state index in [0.717, 1.165) is 21.3 Å². The van der Waals surface area contributed by atoms with Crippen LogP contribution in [0.3, 0.4) is 0 Å². The third kappa shape index (κ3) is 2.75. The van der Waals surface area contributed by atoms with Crippen molar-refractivity contribution in [2.45, 2.75) is 31.6 Å². The Labute approximate surface area is 138 Å². The topological polar surface area (TPSA) is 50.2 Å². The molecule has 0 unspecified atom stereocenters. The standard InChI is InChI=1S/C19H17NO2S/c21-19(22)15-8-6-12-5-7-14(9-16(12)10-15)18-20-17(11-23-18)13-3-1-2-4-13/h5-11,13H,1-4H2,(H,21,22). The van der Waals surface area contributed by atoms with E-state index < -0.39 is 5.97 Å². The molecular formula is C19H17NO2S. The first-order valence-electron chi connectivity index (χ1n) is 7.93. The number of hydrogen-bond acceptors (Lipinski definition) is 3. The highest BCUT2D eigenvalue weighted by molar-refractivity contribution is 7.13. The molecule has 23 heavy (non-hydrogen) atoms. The fraction of sp³-hybridized carbons (Fsp3) is 0.263. The number of benzene rings is 2. The first kappa shape index (κ1) is 14.4. The molecule has 3 nitrogen and oxygen atoms in total. The number of hydrogen-bond donors (Lipinski definition) is 1. The van der Waals surface area contributed by atoms with E-state index in [9.17, 15) is 4.79 Å². The second-order valence-electron chi connectivity index (χ2n) is 6.14. The van der Waals surface area contributed by atoms with Gasteiger partial charge >= 0.3 is 5.97 Å². The molecule has 1 N–H and O–H groups in total. The van der Waals surface area contributed by atoms with E-state index in [1.54, 1.807) is 23.5 Å². The maximum atomic E-state index is 11.1. The maximum absolute atomic E-state index is 11.1. The summed E-state index contributed by atoms with van der Waals surface area (Å²) in [5.41, 5.74) is 2.61. The van der Waals surface area contributed by atoms with Gasteiger partial charge in [0.1, 0.15) is 5.01 Å². The Bertz CT molecular complexity index is 878. The number of carboxylic acids is 1. The van der Waals surface area contributed by atoms with Gasteiger partial charge in [-0.2, -0.15) is 0 Å². The minimum absolute atomic E-state index is 0.320. The maximum Gasteiger partial charge on any atom is 0.335 e. The molecule has 0 spiro atoms. The van der Waals surface area contributed by atoms with E-state index >= 15 is 0 Å². The molecule has 4 heteroatoms. The number of carboxylic acid groups (broad SMARTS) is 1. The van der Waals surface area contributed by atoms with Crippen molar-refractivity contribution in [1.82, 2.24) is 4.98 Å². The number of fused-ring (bicyclic) bond motifs is 1. The van der Waals surface area contributed by atoms with Crippen molar-refractivity contribution in [3.05, 3.63) is 53.0 Å². The van der Waals surface area contributed by atoms with E-state index in [1.807, 2.05) is 18.2 Å². The van der Waals surface area contributed by atoms with E-state index in [-0.39, 0.29) is 0 Å². The smallest absolute Gasteiger partial charge is 0.335 e. The molecule has 1 saturated carbocycles. The summed E-state index contributed by atoms with van der Waals surface area (Å²) in [6.45, 7) is 0. The minimum Gasteiger partial charge on any atom is -0.478 e. The van der Waals surface area contributed by atoms with Gasteiger partial charge in [0.25, 0.3) is 0 Å². The van der Waals surface area contributed by atoms with Crippen LogP contribution < -0.4 is 0 Å². The van der Waals surface area contributed by atoms with Crippen molar-refractivity contribution in [2.24, 2.45) is 0 Å². The molecule has 0 bridgehead atoms. The Hall–Kier alpha value is -2.20. The Kier molecular flexibility index (Phi) is 3.62. The number of rotatable bonds is 3. The number of aromatic carboxylic acids is 1. The SMILES string of the molecule is O=C(O)c1ccc2ccc(-c3nc(C4CCCC4)cs3)cc2c1. The van der Waals surface area contributed by atoms with Crippen molar-refractivity contribution < 1.29 is 9.90 Å². The third-order valence-electron chi connectivity index (χ3n) is 4.63. The van der Waals surface area contributed by atoms with Gasteiger partial charge in [0.05, 0.1) is 11.3 Å². The van der Waals surface area contributed by atoms with Crippen molar-refractivity contribution in [2.75, 3.05) is 0 Å². The lowest BCUT2D eigenvalue weighted by Crippen LogP contribution is -1.95. The fourth-order valence-electron chi connectivity index (χ4n) is 3.34. The van der Waals surface area contributed by atoms with Crippen molar-refractivity contribution >= 4 is 28.1 Å². The predicted molar refractivity (Wildman–Crippen MR) is 93.2 cm³/mol. The number of nitrogens with zero attached hydrogens (tertiary/aromatic N) is 1. The van der Waals surface area contributed by atoms with Gasteiger partial charge in [0, 0.05) is 16.9 Å². The molecule has 0 aliphatic heterocycles. The summed E-state index contributed by atoms with van der Waals surface area (Å²) in [7, 11) is 0. The van der Waals surface area contributed by atoms with Crippen LogP contribution in [0.4, 0.5) is 0 Å². The van der Waals surface area contributed by atoms with Crippen molar-refractivity contribution in [1.29, 1.82) is 0 Å². The second kappa shape index (κ2) is 5.78. The predicted octanol–water partition coefficient (Wildman–Crippen LogP) is 5.32. The number of aromatic nitrogens is 1. The van der Waals surface area contributed by atoms with Gasteiger partial charge in [0.15, 0.2) is 0 Å². The quantitative estimate of drug-likeness (QED) is 0.709. The van der Waals surface area contributed by atoms with Crippen LogP contribution >= 0.6 is 11.3 Å². The monoisotopic (exact) mass is 323 g/mol. The summed E-state index contributed by atoms with van der Waals surface area (Å²) in [5, 5.41) is 14.3. The Morgan fingerprint density at radius 1 is 1.09 bits per heavy atom. The minimum atomic E-state index is -0.893. The highest BCUT2D eigenvalue weighted by Crippen LogP contribution is 2.36. The molecule has 3 aromatic rings. The highest BCUT2D eigenvalue weighted by Gasteiger charge is 2.20. The van der Waals surface area contributed by atoms with Gasteiger partial charge in [-0.3, -0.25) is 0 Å². The molecule has 0 amide bonds. The molecule has 0 atom stereocenters. The first-order valence-corrected chi connectivity index (χ1v) is 8.81. The fourth-order valence-corrected chi connectivity index (χ4v) is 4.24. The Balaban J connectivity index is 1.72. The lowest BCUT2D eigenvalue weighted by molar-refractivity contribution is 0.0697. The first-order chi connectivity index (χ1) is 11.2. The van der Waals surface area contributed by atoms with Crippen LogP contribution in [-0.4, -0.2) is 16.1 Å². The van der Waals surface area contributed by atoms with Gasteiger partial charge < -0.3 is 5.11 Å². The summed E-state index contributed by atoms with van der Waals surface area (Å²) < 4.78 is 0. The van der Waals surface area contributed by atoms with Gasteiger partial charge in [-0.25, -0.2) is 9.78 Å². The van der Waals surface area contributed by atoms with Crippen LogP contribution in [0.2, 0.25) is 0 Å². The molecule has 1 heterocycles. The second-order valence-corrected chi connectivity index (χ2v) is 7.00. The lowest BCUT2D eigenvalue weighted by Gasteiger charge is -2.04. The van der Waals surface area contributed by atoms with E-state index in [4.69, 9.17) is 10.1 Å². The molecule has 1 aromatic heterocycles. The molecular weight excluding hydrogens is 306 g/mol. The molecule has 4 rings (SSSR count). The van der Waals surface area contributed by atoms with E-state index in [1.165, 1.54) is 31.4 Å². The van der Waals surface area contributed by atoms with Crippen molar-refractivity contribution in [3.63, 3.8) is 0 Å². The van der Waals surface area contributed by atoms with Gasteiger partial charge in [-0.1, -0.05) is 31.0 Å². The highest BCUT2D eigenvalue weighted by atomic mass is 32.1. The lowest BCUT2D eigenvalue weighted by atomic mass is 10.0. The molecule has 1 aliphatic rings. The van der Waals surface area contributed by atoms with E-state index in [0.29, 0.717) is 11.5 Å². The normalized spacial score (nSPS) is 15.3. The zero-order valence-corrected chi connectivity index (χ0v) is 13.5. The van der Waals surface area contributed by atoms with Gasteiger partial charge in [-0.15, -0.1) is 11.3 Å². The van der Waals surface area contributed by atoms with Gasteiger partial charge in [0.2, 0.25) is 0 Å². The Morgan fingerprint density at radius 3 is 2.65 bits per heavy atom. The van der Waals surface area contributed by atoms with Crippen LogP contribution in [0.15, 0.2) is 41.8 Å². The largest absolute Gasteiger partial charge is 0.478 e. The van der Waals surface area contributed by atoms with Gasteiger partial charge in [-0.05, 0) is 41.8 Å². The molecule has 0 radical (unpaired) electrons. The summed E-state index contributed by atoms with van der Waals surface area (Å²) in [4.78, 5) is 16.0. The summed E-state index contributed by atoms with van der Waals surface area (Å²) >= 11 is 1.68.